The number of carbonyl (C=O) groups is 1. The Bertz CT molecular complexity index is 380. The number of Topliss-reactive ketones (excluding diaryl/α,β-unsaturated/α-hetero) is 1. The standard InChI is InChI=1S/C16H26OS/c1-5-7-8-9-11-16(4,6-2)15-14(13(3)17)10-12-18-15/h10,12H,5-9,11H2,1-4H3. The number of ketones is 1. The first-order valence-corrected chi connectivity index (χ1v) is 8.02. The van der Waals surface area contributed by atoms with Crippen molar-refractivity contribution in [1.29, 1.82) is 0 Å². The van der Waals surface area contributed by atoms with Crippen molar-refractivity contribution < 1.29 is 4.79 Å². The van der Waals surface area contributed by atoms with Crippen LogP contribution in [0.25, 0.3) is 0 Å². The molecule has 102 valence electrons. The zero-order valence-corrected chi connectivity index (χ0v) is 13.0. The molecule has 0 aromatic carbocycles. The topological polar surface area (TPSA) is 17.1 Å². The van der Waals surface area contributed by atoms with Crippen LogP contribution in [0.15, 0.2) is 11.4 Å². The van der Waals surface area contributed by atoms with Crippen molar-refractivity contribution in [3.63, 3.8) is 0 Å². The van der Waals surface area contributed by atoms with E-state index in [9.17, 15) is 4.79 Å². The first-order chi connectivity index (χ1) is 8.55. The third kappa shape index (κ3) is 3.68. The Morgan fingerprint density at radius 2 is 2.00 bits per heavy atom. The molecule has 0 aliphatic carbocycles. The summed E-state index contributed by atoms with van der Waals surface area (Å²) in [7, 11) is 0. The summed E-state index contributed by atoms with van der Waals surface area (Å²) in [6.07, 6.45) is 7.49. The highest BCUT2D eigenvalue weighted by atomic mass is 32.1. The van der Waals surface area contributed by atoms with E-state index in [0.29, 0.717) is 0 Å². The molecule has 1 nitrogen and oxygen atoms in total. The van der Waals surface area contributed by atoms with E-state index >= 15 is 0 Å². The average Bonchev–Trinajstić information content (AvgIpc) is 2.84. The highest BCUT2D eigenvalue weighted by Gasteiger charge is 2.29. The monoisotopic (exact) mass is 266 g/mol. The minimum Gasteiger partial charge on any atom is -0.294 e. The Morgan fingerprint density at radius 1 is 1.28 bits per heavy atom. The zero-order valence-electron chi connectivity index (χ0n) is 12.2. The van der Waals surface area contributed by atoms with Gasteiger partial charge in [0.1, 0.15) is 0 Å². The normalized spacial score (nSPS) is 14.4. The van der Waals surface area contributed by atoms with Gasteiger partial charge in [0.05, 0.1) is 0 Å². The summed E-state index contributed by atoms with van der Waals surface area (Å²) >= 11 is 1.75. The summed E-state index contributed by atoms with van der Waals surface area (Å²) in [6.45, 7) is 8.48. The number of carbonyl (C=O) groups excluding carboxylic acids is 1. The molecule has 0 aliphatic heterocycles. The first kappa shape index (κ1) is 15.4. The molecule has 0 radical (unpaired) electrons. The van der Waals surface area contributed by atoms with Gasteiger partial charge in [0.2, 0.25) is 0 Å². The van der Waals surface area contributed by atoms with Gasteiger partial charge in [0.15, 0.2) is 5.78 Å². The molecular formula is C16H26OS. The van der Waals surface area contributed by atoms with Crippen molar-refractivity contribution in [3.8, 4) is 0 Å². The predicted molar refractivity (Wildman–Crippen MR) is 80.7 cm³/mol. The molecule has 0 N–H and O–H groups in total. The molecule has 0 saturated carbocycles. The van der Waals surface area contributed by atoms with Gasteiger partial charge in [-0.2, -0.15) is 0 Å². The van der Waals surface area contributed by atoms with Crippen LogP contribution >= 0.6 is 11.3 Å². The second-order valence-electron chi connectivity index (χ2n) is 5.44. The van der Waals surface area contributed by atoms with Crippen LogP contribution in [0.4, 0.5) is 0 Å². The molecule has 0 saturated heterocycles. The molecule has 0 amide bonds. The Balaban J connectivity index is 2.79. The quantitative estimate of drug-likeness (QED) is 0.443. The van der Waals surface area contributed by atoms with E-state index in [1.807, 2.05) is 6.07 Å². The van der Waals surface area contributed by atoms with Crippen LogP contribution in [0.3, 0.4) is 0 Å². The van der Waals surface area contributed by atoms with E-state index in [1.165, 1.54) is 37.0 Å². The van der Waals surface area contributed by atoms with Gasteiger partial charge >= 0.3 is 0 Å². The molecule has 0 spiro atoms. The van der Waals surface area contributed by atoms with Crippen molar-refractivity contribution in [2.24, 2.45) is 0 Å². The van der Waals surface area contributed by atoms with Crippen LogP contribution in [0.2, 0.25) is 0 Å². The predicted octanol–water partition coefficient (Wildman–Crippen LogP) is 5.59. The Hall–Kier alpha value is -0.630. The third-order valence-corrected chi connectivity index (χ3v) is 5.18. The Labute approximate surface area is 116 Å². The highest BCUT2D eigenvalue weighted by molar-refractivity contribution is 7.10. The zero-order chi connectivity index (χ0) is 13.6. The lowest BCUT2D eigenvalue weighted by Crippen LogP contribution is -2.21. The van der Waals surface area contributed by atoms with E-state index in [2.05, 4.69) is 26.2 Å². The summed E-state index contributed by atoms with van der Waals surface area (Å²) < 4.78 is 0. The summed E-state index contributed by atoms with van der Waals surface area (Å²) in [6, 6.07) is 1.99. The van der Waals surface area contributed by atoms with Crippen molar-refractivity contribution in [2.45, 2.75) is 71.6 Å². The molecule has 1 heterocycles. The molecule has 0 aliphatic rings. The number of hydrogen-bond donors (Lipinski definition) is 0. The molecule has 1 aromatic rings. The number of hydrogen-bond acceptors (Lipinski definition) is 2. The van der Waals surface area contributed by atoms with Crippen LogP contribution < -0.4 is 0 Å². The number of unbranched alkanes of at least 4 members (excludes halogenated alkanes) is 3. The van der Waals surface area contributed by atoms with E-state index in [0.717, 1.165) is 12.0 Å². The molecule has 1 rings (SSSR count). The molecular weight excluding hydrogens is 240 g/mol. The second kappa shape index (κ2) is 7.08. The third-order valence-electron chi connectivity index (χ3n) is 3.96. The van der Waals surface area contributed by atoms with E-state index in [-0.39, 0.29) is 11.2 Å². The Morgan fingerprint density at radius 3 is 2.56 bits per heavy atom. The van der Waals surface area contributed by atoms with Crippen molar-refractivity contribution in [3.05, 3.63) is 21.9 Å². The average molecular weight is 266 g/mol. The van der Waals surface area contributed by atoms with Crippen molar-refractivity contribution in [1.82, 2.24) is 0 Å². The maximum atomic E-state index is 11.7. The van der Waals surface area contributed by atoms with Crippen molar-refractivity contribution in [2.75, 3.05) is 0 Å². The summed E-state index contributed by atoms with van der Waals surface area (Å²) in [5.41, 5.74) is 1.13. The maximum Gasteiger partial charge on any atom is 0.160 e. The minimum absolute atomic E-state index is 0.183. The van der Waals surface area contributed by atoms with Crippen LogP contribution in [0.5, 0.6) is 0 Å². The fourth-order valence-electron chi connectivity index (χ4n) is 2.45. The molecule has 0 fully saturated rings. The molecule has 18 heavy (non-hydrogen) atoms. The Kier molecular flexibility index (Phi) is 6.07. The lowest BCUT2D eigenvalue weighted by atomic mass is 9.79. The van der Waals surface area contributed by atoms with Gasteiger partial charge in [-0.05, 0) is 31.2 Å². The largest absolute Gasteiger partial charge is 0.294 e. The fraction of sp³-hybridized carbons (Fsp3) is 0.688. The molecule has 1 unspecified atom stereocenters. The summed E-state index contributed by atoms with van der Waals surface area (Å²) in [5, 5.41) is 2.06. The lowest BCUT2D eigenvalue weighted by molar-refractivity contribution is 0.101. The maximum absolute atomic E-state index is 11.7. The molecule has 2 heteroatoms. The van der Waals surface area contributed by atoms with Gasteiger partial charge in [0.25, 0.3) is 0 Å². The van der Waals surface area contributed by atoms with Gasteiger partial charge in [-0.3, -0.25) is 4.79 Å². The van der Waals surface area contributed by atoms with E-state index in [4.69, 9.17) is 0 Å². The second-order valence-corrected chi connectivity index (χ2v) is 6.36. The van der Waals surface area contributed by atoms with Gasteiger partial charge in [-0.25, -0.2) is 0 Å². The fourth-order valence-corrected chi connectivity index (χ4v) is 3.66. The number of rotatable bonds is 8. The van der Waals surface area contributed by atoms with E-state index in [1.54, 1.807) is 18.3 Å². The van der Waals surface area contributed by atoms with Gasteiger partial charge in [-0.15, -0.1) is 11.3 Å². The molecule has 1 aromatic heterocycles. The molecule has 0 bridgehead atoms. The van der Waals surface area contributed by atoms with Crippen LogP contribution in [-0.2, 0) is 5.41 Å². The number of thiophene rings is 1. The van der Waals surface area contributed by atoms with Crippen LogP contribution in [0.1, 0.15) is 81.5 Å². The summed E-state index contributed by atoms with van der Waals surface area (Å²) in [5.74, 6) is 0.208. The first-order valence-electron chi connectivity index (χ1n) is 7.14. The lowest BCUT2D eigenvalue weighted by Gasteiger charge is -2.28. The minimum atomic E-state index is 0.183. The van der Waals surface area contributed by atoms with Gasteiger partial charge in [-0.1, -0.05) is 46.5 Å². The van der Waals surface area contributed by atoms with Gasteiger partial charge < -0.3 is 0 Å². The van der Waals surface area contributed by atoms with Crippen molar-refractivity contribution >= 4 is 17.1 Å². The van der Waals surface area contributed by atoms with E-state index < -0.39 is 0 Å². The van der Waals surface area contributed by atoms with Gasteiger partial charge in [0, 0.05) is 15.9 Å². The van der Waals surface area contributed by atoms with Crippen LogP contribution in [0, 0.1) is 0 Å². The SMILES string of the molecule is CCCCCCC(C)(CC)c1sccc1C(C)=O. The summed E-state index contributed by atoms with van der Waals surface area (Å²) in [4.78, 5) is 13.0. The smallest absolute Gasteiger partial charge is 0.160 e. The highest BCUT2D eigenvalue weighted by Crippen LogP contribution is 2.38. The molecule has 1 atom stereocenters. The van der Waals surface area contributed by atoms with Crippen LogP contribution in [-0.4, -0.2) is 5.78 Å².